The van der Waals surface area contributed by atoms with Gasteiger partial charge in [0.05, 0.1) is 6.07 Å². The zero-order chi connectivity index (χ0) is 19.3. The van der Waals surface area contributed by atoms with Gasteiger partial charge in [-0.3, -0.25) is 4.99 Å². The molecule has 0 aliphatic carbocycles. The predicted molar refractivity (Wildman–Crippen MR) is 115 cm³/mol. The first-order valence-corrected chi connectivity index (χ1v) is 10.1. The highest BCUT2D eigenvalue weighted by molar-refractivity contribution is 7.09. The standard InChI is InChI=1S/C23H20N4S/c1-16-15-28-23(27-16)18(11-24)12-25-13-20(17-7-3-2-4-8-17)21-14-26-22-10-6-5-9-19(21)22/h2-10,12,14-15,18,20,26H,13H2,1H3/t18-,20+/m1/s1. The number of rotatable bonds is 6. The fourth-order valence-corrected chi connectivity index (χ4v) is 4.19. The zero-order valence-electron chi connectivity index (χ0n) is 15.5. The first-order valence-electron chi connectivity index (χ1n) is 9.19. The summed E-state index contributed by atoms with van der Waals surface area (Å²) in [4.78, 5) is 12.5. The molecule has 2 aromatic carbocycles. The van der Waals surface area contributed by atoms with E-state index in [0.29, 0.717) is 6.54 Å². The normalized spacial score (nSPS) is 13.6. The molecule has 2 aromatic heterocycles. The molecule has 0 saturated carbocycles. The Morgan fingerprint density at radius 2 is 1.96 bits per heavy atom. The molecule has 5 heteroatoms. The van der Waals surface area contributed by atoms with Gasteiger partial charge in [0.25, 0.3) is 0 Å². The molecule has 0 spiro atoms. The van der Waals surface area contributed by atoms with Gasteiger partial charge in [-0.1, -0.05) is 48.5 Å². The molecule has 28 heavy (non-hydrogen) atoms. The summed E-state index contributed by atoms with van der Waals surface area (Å²) < 4.78 is 0. The van der Waals surface area contributed by atoms with E-state index in [-0.39, 0.29) is 5.92 Å². The fraction of sp³-hybridized carbons (Fsp3) is 0.174. The number of hydrogen-bond acceptors (Lipinski definition) is 4. The fourth-order valence-electron chi connectivity index (χ4n) is 3.39. The summed E-state index contributed by atoms with van der Waals surface area (Å²) in [7, 11) is 0. The van der Waals surface area contributed by atoms with Crippen molar-refractivity contribution in [2.24, 2.45) is 4.99 Å². The molecule has 0 saturated heterocycles. The summed E-state index contributed by atoms with van der Waals surface area (Å²) in [5.41, 5.74) is 4.49. The second kappa shape index (κ2) is 8.20. The molecule has 1 N–H and O–H groups in total. The van der Waals surface area contributed by atoms with Crippen molar-refractivity contribution in [3.63, 3.8) is 0 Å². The lowest BCUT2D eigenvalue weighted by Gasteiger charge is -2.15. The number of aliphatic imine (C=N–C) groups is 1. The third-order valence-corrected chi connectivity index (χ3v) is 5.83. The highest BCUT2D eigenvalue weighted by Gasteiger charge is 2.18. The highest BCUT2D eigenvalue weighted by atomic mass is 32.1. The number of nitrogens with one attached hydrogen (secondary N) is 1. The Hall–Kier alpha value is -3.23. The molecule has 4 rings (SSSR count). The average molecular weight is 385 g/mol. The van der Waals surface area contributed by atoms with Crippen LogP contribution in [0.4, 0.5) is 0 Å². The van der Waals surface area contributed by atoms with Crippen LogP contribution in [-0.2, 0) is 0 Å². The van der Waals surface area contributed by atoms with Crippen LogP contribution < -0.4 is 0 Å². The summed E-state index contributed by atoms with van der Waals surface area (Å²) in [5, 5.41) is 13.5. The van der Waals surface area contributed by atoms with E-state index in [0.717, 1.165) is 16.2 Å². The van der Waals surface area contributed by atoms with E-state index in [1.165, 1.54) is 27.8 Å². The molecule has 0 fully saturated rings. The first-order chi connectivity index (χ1) is 13.8. The van der Waals surface area contributed by atoms with Gasteiger partial charge >= 0.3 is 0 Å². The van der Waals surface area contributed by atoms with E-state index in [4.69, 9.17) is 0 Å². The summed E-state index contributed by atoms with van der Waals surface area (Å²) in [6.45, 7) is 2.52. The lowest BCUT2D eigenvalue weighted by Crippen LogP contribution is -2.06. The number of thiazole rings is 1. The summed E-state index contributed by atoms with van der Waals surface area (Å²) in [6, 6.07) is 21.0. The van der Waals surface area contributed by atoms with Gasteiger partial charge in [0.1, 0.15) is 10.9 Å². The maximum absolute atomic E-state index is 9.52. The molecular formula is C23H20N4S. The van der Waals surface area contributed by atoms with Gasteiger partial charge < -0.3 is 4.98 Å². The van der Waals surface area contributed by atoms with E-state index >= 15 is 0 Å². The van der Waals surface area contributed by atoms with E-state index in [9.17, 15) is 5.26 Å². The Labute approximate surface area is 168 Å². The summed E-state index contributed by atoms with van der Waals surface area (Å²) >= 11 is 1.51. The second-order valence-electron chi connectivity index (χ2n) is 6.70. The zero-order valence-corrected chi connectivity index (χ0v) is 16.4. The van der Waals surface area contributed by atoms with Gasteiger partial charge in [-0.25, -0.2) is 4.98 Å². The minimum atomic E-state index is -0.405. The average Bonchev–Trinajstić information content (AvgIpc) is 3.35. The van der Waals surface area contributed by atoms with Crippen molar-refractivity contribution >= 4 is 28.5 Å². The molecule has 0 amide bonds. The second-order valence-corrected chi connectivity index (χ2v) is 7.59. The highest BCUT2D eigenvalue weighted by Crippen LogP contribution is 2.31. The number of fused-ring (bicyclic) bond motifs is 1. The van der Waals surface area contributed by atoms with E-state index < -0.39 is 5.92 Å². The lowest BCUT2D eigenvalue weighted by molar-refractivity contribution is 0.826. The maximum atomic E-state index is 9.52. The van der Waals surface area contributed by atoms with Gasteiger partial charge in [-0.15, -0.1) is 11.3 Å². The minimum absolute atomic E-state index is 0.117. The molecule has 2 atom stereocenters. The number of nitrogens with zero attached hydrogens (tertiary/aromatic N) is 3. The third-order valence-electron chi connectivity index (χ3n) is 4.78. The van der Waals surface area contributed by atoms with E-state index in [1.807, 2.05) is 24.4 Å². The van der Waals surface area contributed by atoms with Crippen LogP contribution in [0.25, 0.3) is 10.9 Å². The molecule has 2 heterocycles. The van der Waals surface area contributed by atoms with Crippen LogP contribution in [0.15, 0.2) is 71.2 Å². The Balaban J connectivity index is 1.64. The van der Waals surface area contributed by atoms with Crippen LogP contribution in [0.3, 0.4) is 0 Å². The molecule has 0 radical (unpaired) electrons. The van der Waals surface area contributed by atoms with Crippen LogP contribution in [0.1, 0.15) is 33.7 Å². The molecule has 0 unspecified atom stereocenters. The number of H-pyrrole nitrogens is 1. The van der Waals surface area contributed by atoms with E-state index in [1.54, 1.807) is 6.21 Å². The smallest absolute Gasteiger partial charge is 0.133 e. The quantitative estimate of drug-likeness (QED) is 0.450. The van der Waals surface area contributed by atoms with Gasteiger partial charge in [0.15, 0.2) is 0 Å². The Kier molecular flexibility index (Phi) is 5.31. The van der Waals surface area contributed by atoms with Crippen LogP contribution in [-0.4, -0.2) is 22.7 Å². The van der Waals surface area contributed by atoms with Gasteiger partial charge in [-0.05, 0) is 24.1 Å². The number of aromatic amines is 1. The largest absolute Gasteiger partial charge is 0.361 e. The maximum Gasteiger partial charge on any atom is 0.133 e. The summed E-state index contributed by atoms with van der Waals surface area (Å²) in [5.74, 6) is -0.288. The monoisotopic (exact) mass is 384 g/mol. The number of para-hydroxylation sites is 1. The van der Waals surface area contributed by atoms with Crippen LogP contribution in [0.2, 0.25) is 0 Å². The predicted octanol–water partition coefficient (Wildman–Crippen LogP) is 5.44. The Morgan fingerprint density at radius 3 is 2.71 bits per heavy atom. The van der Waals surface area contributed by atoms with Crippen molar-refractivity contribution in [2.75, 3.05) is 6.54 Å². The number of nitriles is 1. The molecule has 0 bridgehead atoms. The van der Waals surface area contributed by atoms with E-state index in [2.05, 4.69) is 69.7 Å². The van der Waals surface area contributed by atoms with Crippen molar-refractivity contribution < 1.29 is 0 Å². The molecule has 0 aliphatic heterocycles. The van der Waals surface area contributed by atoms with Crippen molar-refractivity contribution in [1.82, 2.24) is 9.97 Å². The minimum Gasteiger partial charge on any atom is -0.361 e. The molecule has 0 aliphatic rings. The number of aromatic nitrogens is 2. The molecule has 4 aromatic rings. The number of benzene rings is 2. The van der Waals surface area contributed by atoms with Gasteiger partial charge in [0, 0.05) is 46.9 Å². The third kappa shape index (κ3) is 3.73. The van der Waals surface area contributed by atoms with Crippen molar-refractivity contribution in [1.29, 1.82) is 5.26 Å². The lowest BCUT2D eigenvalue weighted by atomic mass is 9.91. The topological polar surface area (TPSA) is 64.8 Å². The van der Waals surface area contributed by atoms with Crippen molar-refractivity contribution in [2.45, 2.75) is 18.8 Å². The van der Waals surface area contributed by atoms with Crippen LogP contribution in [0.5, 0.6) is 0 Å². The van der Waals surface area contributed by atoms with Crippen LogP contribution >= 0.6 is 11.3 Å². The molecule has 4 nitrogen and oxygen atoms in total. The van der Waals surface area contributed by atoms with Crippen LogP contribution in [0, 0.1) is 18.3 Å². The molecular weight excluding hydrogens is 364 g/mol. The number of hydrogen-bond donors (Lipinski definition) is 1. The Bertz CT molecular complexity index is 1130. The SMILES string of the molecule is Cc1csc([C@H](C#N)C=NC[C@@H](c2ccccc2)c2c[nH]c3ccccc23)n1. The summed E-state index contributed by atoms with van der Waals surface area (Å²) in [6.07, 6.45) is 3.81. The van der Waals surface area contributed by atoms with Gasteiger partial charge in [0.2, 0.25) is 0 Å². The Morgan fingerprint density at radius 1 is 1.18 bits per heavy atom. The van der Waals surface area contributed by atoms with Gasteiger partial charge in [-0.2, -0.15) is 5.26 Å². The first kappa shape index (κ1) is 18.1. The van der Waals surface area contributed by atoms with Crippen molar-refractivity contribution in [3.8, 4) is 6.07 Å². The number of aryl methyl sites for hydroxylation is 1. The molecule has 138 valence electrons. The van der Waals surface area contributed by atoms with Crippen molar-refractivity contribution in [3.05, 3.63) is 88.0 Å².